The lowest BCUT2D eigenvalue weighted by Crippen LogP contribution is -2.48. The molecule has 0 radical (unpaired) electrons. The molecule has 7 heteroatoms. The number of carbonyl (C=O) groups excluding carboxylic acids is 4. The lowest BCUT2D eigenvalue weighted by Gasteiger charge is -2.36. The van der Waals surface area contributed by atoms with Gasteiger partial charge in [-0.25, -0.2) is 0 Å². The predicted octanol–water partition coefficient (Wildman–Crippen LogP) is 2.50. The Morgan fingerprint density at radius 1 is 0.774 bits per heavy atom. The highest BCUT2D eigenvalue weighted by Crippen LogP contribution is 2.20. The standard InChI is InChI=1S/C24H25N3O4/c1-17(28)19-6-8-21(9-7-19)25-12-14-26(15-13-25)24(31)20-4-2-18(3-5-20)16-27-22(29)10-11-23(27)30/h2-9H,10-16H2,1H3. The Labute approximate surface area is 181 Å². The molecule has 160 valence electrons. The molecule has 0 aromatic heterocycles. The third-order valence-electron chi connectivity index (χ3n) is 5.90. The van der Waals surface area contributed by atoms with Gasteiger partial charge in [-0.3, -0.25) is 24.1 Å². The third kappa shape index (κ3) is 4.50. The van der Waals surface area contributed by atoms with Crippen LogP contribution in [-0.4, -0.2) is 59.5 Å². The molecule has 0 bridgehead atoms. The van der Waals surface area contributed by atoms with Crippen molar-refractivity contribution in [2.24, 2.45) is 0 Å². The molecule has 0 unspecified atom stereocenters. The number of piperazine rings is 1. The molecular weight excluding hydrogens is 394 g/mol. The van der Waals surface area contributed by atoms with E-state index in [4.69, 9.17) is 0 Å². The molecule has 31 heavy (non-hydrogen) atoms. The second kappa shape index (κ2) is 8.71. The van der Waals surface area contributed by atoms with Crippen LogP contribution in [0.3, 0.4) is 0 Å². The smallest absolute Gasteiger partial charge is 0.253 e. The predicted molar refractivity (Wildman–Crippen MR) is 116 cm³/mol. The number of benzene rings is 2. The van der Waals surface area contributed by atoms with Crippen molar-refractivity contribution >= 4 is 29.2 Å². The number of nitrogens with zero attached hydrogens (tertiary/aromatic N) is 3. The molecule has 3 amide bonds. The molecule has 4 rings (SSSR count). The Kier molecular flexibility index (Phi) is 5.84. The first-order valence-electron chi connectivity index (χ1n) is 10.5. The number of rotatable bonds is 5. The van der Waals surface area contributed by atoms with Crippen molar-refractivity contribution in [3.8, 4) is 0 Å². The van der Waals surface area contributed by atoms with Crippen LogP contribution in [0.25, 0.3) is 0 Å². The zero-order valence-corrected chi connectivity index (χ0v) is 17.5. The van der Waals surface area contributed by atoms with Crippen molar-refractivity contribution in [2.45, 2.75) is 26.3 Å². The number of ketones is 1. The van der Waals surface area contributed by atoms with E-state index in [2.05, 4.69) is 4.90 Å². The summed E-state index contributed by atoms with van der Waals surface area (Å²) in [6.07, 6.45) is 0.560. The molecule has 2 aromatic rings. The van der Waals surface area contributed by atoms with Crippen LogP contribution < -0.4 is 4.90 Å². The van der Waals surface area contributed by atoms with Crippen LogP contribution in [-0.2, 0) is 16.1 Å². The highest BCUT2D eigenvalue weighted by Gasteiger charge is 2.29. The van der Waals surface area contributed by atoms with E-state index in [9.17, 15) is 19.2 Å². The van der Waals surface area contributed by atoms with Crippen LogP contribution >= 0.6 is 0 Å². The van der Waals surface area contributed by atoms with Crippen LogP contribution in [0.5, 0.6) is 0 Å². The van der Waals surface area contributed by atoms with Crippen molar-refractivity contribution in [2.75, 3.05) is 31.1 Å². The van der Waals surface area contributed by atoms with Gasteiger partial charge in [0.05, 0.1) is 6.54 Å². The minimum absolute atomic E-state index is 0.0218. The van der Waals surface area contributed by atoms with E-state index in [0.29, 0.717) is 24.2 Å². The van der Waals surface area contributed by atoms with E-state index in [1.807, 2.05) is 29.2 Å². The summed E-state index contributed by atoms with van der Waals surface area (Å²) in [5, 5.41) is 0. The van der Waals surface area contributed by atoms with Crippen LogP contribution in [0, 0.1) is 0 Å². The van der Waals surface area contributed by atoms with E-state index >= 15 is 0 Å². The molecule has 0 atom stereocenters. The van der Waals surface area contributed by atoms with Crippen LogP contribution in [0.2, 0.25) is 0 Å². The fraction of sp³-hybridized carbons (Fsp3) is 0.333. The average Bonchev–Trinajstić information content (AvgIpc) is 3.11. The van der Waals surface area contributed by atoms with Gasteiger partial charge in [0.25, 0.3) is 5.91 Å². The van der Waals surface area contributed by atoms with E-state index in [1.54, 1.807) is 31.2 Å². The van der Waals surface area contributed by atoms with Gasteiger partial charge in [-0.15, -0.1) is 0 Å². The first kappa shape index (κ1) is 20.8. The highest BCUT2D eigenvalue weighted by atomic mass is 16.2. The summed E-state index contributed by atoms with van der Waals surface area (Å²) < 4.78 is 0. The molecule has 7 nitrogen and oxygen atoms in total. The normalized spacial score (nSPS) is 16.7. The summed E-state index contributed by atoms with van der Waals surface area (Å²) in [4.78, 5) is 53.2. The molecule has 0 N–H and O–H groups in total. The molecule has 0 aliphatic carbocycles. The van der Waals surface area contributed by atoms with Gasteiger partial charge in [0.2, 0.25) is 11.8 Å². The molecule has 2 aromatic carbocycles. The summed E-state index contributed by atoms with van der Waals surface area (Å²) in [6.45, 7) is 4.49. The first-order chi connectivity index (χ1) is 14.9. The molecule has 2 fully saturated rings. The lowest BCUT2D eigenvalue weighted by molar-refractivity contribution is -0.139. The fourth-order valence-electron chi connectivity index (χ4n) is 3.99. The summed E-state index contributed by atoms with van der Waals surface area (Å²) >= 11 is 0. The van der Waals surface area contributed by atoms with Gasteiger partial charge in [-0.2, -0.15) is 0 Å². The van der Waals surface area contributed by atoms with Gasteiger partial charge < -0.3 is 9.80 Å². The first-order valence-corrected chi connectivity index (χ1v) is 10.5. The Bertz CT molecular complexity index is 990. The van der Waals surface area contributed by atoms with E-state index in [-0.39, 0.29) is 42.9 Å². The second-order valence-corrected chi connectivity index (χ2v) is 7.95. The van der Waals surface area contributed by atoms with Gasteiger partial charge in [0.1, 0.15) is 0 Å². The number of Topliss-reactive ketones (excluding diaryl/α,β-unsaturated/α-hetero) is 1. The lowest BCUT2D eigenvalue weighted by atomic mass is 10.1. The molecule has 0 saturated carbocycles. The Morgan fingerprint density at radius 3 is 1.87 bits per heavy atom. The number of hydrogen-bond donors (Lipinski definition) is 0. The van der Waals surface area contributed by atoms with E-state index < -0.39 is 0 Å². The van der Waals surface area contributed by atoms with Crippen LogP contribution in [0.15, 0.2) is 48.5 Å². The van der Waals surface area contributed by atoms with Crippen molar-refractivity contribution in [3.63, 3.8) is 0 Å². The fourth-order valence-corrected chi connectivity index (χ4v) is 3.99. The zero-order valence-electron chi connectivity index (χ0n) is 17.5. The quantitative estimate of drug-likeness (QED) is 0.550. The molecule has 2 heterocycles. The number of amides is 3. The Morgan fingerprint density at radius 2 is 1.32 bits per heavy atom. The Hall–Kier alpha value is -3.48. The maximum absolute atomic E-state index is 12.9. The monoisotopic (exact) mass is 419 g/mol. The molecule has 2 aliphatic heterocycles. The minimum atomic E-state index is -0.140. The summed E-state index contributed by atoms with van der Waals surface area (Å²) in [6, 6.07) is 14.7. The summed E-state index contributed by atoms with van der Waals surface area (Å²) in [7, 11) is 0. The number of carbonyl (C=O) groups is 4. The number of imide groups is 1. The molecule has 2 aliphatic rings. The molecule has 2 saturated heterocycles. The maximum atomic E-state index is 12.9. The SMILES string of the molecule is CC(=O)c1ccc(N2CCN(C(=O)c3ccc(CN4C(=O)CCC4=O)cc3)CC2)cc1. The van der Waals surface area contributed by atoms with Gasteiger partial charge in [0, 0.05) is 55.8 Å². The van der Waals surface area contributed by atoms with Gasteiger partial charge >= 0.3 is 0 Å². The van der Waals surface area contributed by atoms with Crippen molar-refractivity contribution in [1.29, 1.82) is 0 Å². The second-order valence-electron chi connectivity index (χ2n) is 7.95. The Balaban J connectivity index is 1.33. The number of anilines is 1. The topological polar surface area (TPSA) is 78.0 Å². The average molecular weight is 419 g/mol. The van der Waals surface area contributed by atoms with Crippen LogP contribution in [0.1, 0.15) is 46.0 Å². The van der Waals surface area contributed by atoms with Crippen LogP contribution in [0.4, 0.5) is 5.69 Å². The van der Waals surface area contributed by atoms with Gasteiger partial charge in [0.15, 0.2) is 5.78 Å². The maximum Gasteiger partial charge on any atom is 0.253 e. The zero-order chi connectivity index (χ0) is 22.0. The molecular formula is C24H25N3O4. The molecule has 0 spiro atoms. The van der Waals surface area contributed by atoms with Gasteiger partial charge in [-0.1, -0.05) is 12.1 Å². The summed E-state index contributed by atoms with van der Waals surface area (Å²) in [5.41, 5.74) is 3.17. The van der Waals surface area contributed by atoms with Crippen molar-refractivity contribution in [3.05, 3.63) is 65.2 Å². The van der Waals surface area contributed by atoms with Gasteiger partial charge in [-0.05, 0) is 48.9 Å². The number of likely N-dealkylation sites (tertiary alicyclic amines) is 1. The number of hydrogen-bond acceptors (Lipinski definition) is 5. The largest absolute Gasteiger partial charge is 0.368 e. The third-order valence-corrected chi connectivity index (χ3v) is 5.90. The summed E-state index contributed by atoms with van der Waals surface area (Å²) in [5.74, 6) is -0.254. The van der Waals surface area contributed by atoms with E-state index in [0.717, 1.165) is 24.3 Å². The van der Waals surface area contributed by atoms with E-state index in [1.165, 1.54) is 4.90 Å². The minimum Gasteiger partial charge on any atom is -0.368 e. The highest BCUT2D eigenvalue weighted by molar-refractivity contribution is 6.01. The van der Waals surface area contributed by atoms with Crippen molar-refractivity contribution < 1.29 is 19.2 Å². The van der Waals surface area contributed by atoms with Crippen molar-refractivity contribution in [1.82, 2.24) is 9.80 Å².